The molecule has 26 heavy (non-hydrogen) atoms. The van der Waals surface area contributed by atoms with Crippen molar-refractivity contribution in [2.75, 3.05) is 24.6 Å². The first-order chi connectivity index (χ1) is 12.6. The van der Waals surface area contributed by atoms with E-state index in [1.165, 1.54) is 0 Å². The second-order valence-corrected chi connectivity index (χ2v) is 8.38. The molecule has 0 aliphatic carbocycles. The Morgan fingerprint density at radius 2 is 2.04 bits per heavy atom. The topological polar surface area (TPSA) is 109 Å². The highest BCUT2D eigenvalue weighted by molar-refractivity contribution is 7.98. The van der Waals surface area contributed by atoms with E-state index < -0.39 is 4.92 Å². The fraction of sp³-hybridized carbons (Fsp3) is 0.467. The molecule has 0 aromatic carbocycles. The lowest BCUT2D eigenvalue weighted by atomic mass is 10.4. The molecule has 0 unspecified atom stereocenters. The molecule has 142 valence electrons. The first kappa shape index (κ1) is 20.6. The van der Waals surface area contributed by atoms with Crippen molar-refractivity contribution in [3.8, 4) is 0 Å². The standard InChI is InChI=1S/C15H22N6O2S3/c1-12-13(20-11-19-12)9-24-5-2-16-14(8-21(22)23)17-3-6-25-10-15-18-4-7-26-15/h4,7-8,11,16-17H,2-3,5-6,9-10H2,1H3,(H,19,20)/b14-8-. The molecule has 2 aromatic heterocycles. The highest BCUT2D eigenvalue weighted by Crippen LogP contribution is 2.13. The molecule has 0 aliphatic rings. The monoisotopic (exact) mass is 414 g/mol. The van der Waals surface area contributed by atoms with Crippen LogP contribution in [0.3, 0.4) is 0 Å². The van der Waals surface area contributed by atoms with Gasteiger partial charge in [0.15, 0.2) is 5.82 Å². The fourth-order valence-electron chi connectivity index (χ4n) is 1.96. The summed E-state index contributed by atoms with van der Waals surface area (Å²) in [7, 11) is 0. The molecule has 0 amide bonds. The number of imidazole rings is 1. The number of nitro groups is 1. The molecule has 2 heterocycles. The Kier molecular flexibility index (Phi) is 9.35. The summed E-state index contributed by atoms with van der Waals surface area (Å²) in [4.78, 5) is 21.8. The molecule has 0 spiro atoms. The van der Waals surface area contributed by atoms with E-state index in [4.69, 9.17) is 0 Å². The van der Waals surface area contributed by atoms with Gasteiger partial charge in [-0.3, -0.25) is 10.1 Å². The van der Waals surface area contributed by atoms with E-state index in [9.17, 15) is 10.1 Å². The van der Waals surface area contributed by atoms with E-state index >= 15 is 0 Å². The molecule has 0 radical (unpaired) electrons. The van der Waals surface area contributed by atoms with E-state index in [0.717, 1.165) is 45.6 Å². The quantitative estimate of drug-likeness (QED) is 0.261. The first-order valence-electron chi connectivity index (χ1n) is 8.01. The summed E-state index contributed by atoms with van der Waals surface area (Å²) in [6.07, 6.45) is 4.47. The van der Waals surface area contributed by atoms with Crippen LogP contribution < -0.4 is 10.6 Å². The van der Waals surface area contributed by atoms with Crippen LogP contribution in [-0.2, 0) is 11.5 Å². The van der Waals surface area contributed by atoms with Gasteiger partial charge in [0.25, 0.3) is 6.20 Å². The van der Waals surface area contributed by atoms with Gasteiger partial charge in [0, 0.05) is 53.4 Å². The maximum Gasteiger partial charge on any atom is 0.274 e. The summed E-state index contributed by atoms with van der Waals surface area (Å²) < 4.78 is 0. The third-order valence-electron chi connectivity index (χ3n) is 3.24. The number of aromatic amines is 1. The lowest BCUT2D eigenvalue weighted by Crippen LogP contribution is -2.30. The van der Waals surface area contributed by atoms with Crippen LogP contribution in [0.15, 0.2) is 29.9 Å². The van der Waals surface area contributed by atoms with Crippen LogP contribution in [0.5, 0.6) is 0 Å². The molecule has 0 bridgehead atoms. The Hall–Kier alpha value is -1.72. The Balaban J connectivity index is 1.60. The molecular formula is C15H22N6O2S3. The predicted molar refractivity (Wildman–Crippen MR) is 109 cm³/mol. The van der Waals surface area contributed by atoms with Gasteiger partial charge in [-0.1, -0.05) is 0 Å². The molecule has 11 heteroatoms. The number of thiazole rings is 1. The third-order valence-corrected chi connectivity index (χ3v) is 6.14. The zero-order chi connectivity index (χ0) is 18.6. The normalized spacial score (nSPS) is 11.5. The van der Waals surface area contributed by atoms with E-state index in [-0.39, 0.29) is 0 Å². The number of aryl methyl sites for hydroxylation is 1. The summed E-state index contributed by atoms with van der Waals surface area (Å²) in [5.41, 5.74) is 2.13. The van der Waals surface area contributed by atoms with Crippen LogP contribution in [0, 0.1) is 17.0 Å². The molecule has 0 atom stereocenters. The van der Waals surface area contributed by atoms with Gasteiger partial charge in [0.2, 0.25) is 0 Å². The lowest BCUT2D eigenvalue weighted by molar-refractivity contribution is -0.404. The molecule has 3 N–H and O–H groups in total. The second kappa shape index (κ2) is 11.8. The Bertz CT molecular complexity index is 689. The van der Waals surface area contributed by atoms with Gasteiger partial charge in [-0.2, -0.15) is 23.5 Å². The molecule has 0 fully saturated rings. The average molecular weight is 415 g/mol. The van der Waals surface area contributed by atoms with Crippen LogP contribution in [-0.4, -0.2) is 44.5 Å². The SMILES string of the molecule is Cc1[nH]cnc1CSCCN/C(=C/[N+](=O)[O-])NCCSCc1nccs1. The maximum absolute atomic E-state index is 10.8. The van der Waals surface area contributed by atoms with Crippen molar-refractivity contribution in [1.82, 2.24) is 25.6 Å². The summed E-state index contributed by atoms with van der Waals surface area (Å²) in [5, 5.41) is 20.0. The smallest absolute Gasteiger partial charge is 0.274 e. The van der Waals surface area contributed by atoms with Gasteiger partial charge in [-0.25, -0.2) is 9.97 Å². The van der Waals surface area contributed by atoms with Crippen LogP contribution >= 0.6 is 34.9 Å². The molecule has 2 aromatic rings. The third kappa shape index (κ3) is 8.11. The van der Waals surface area contributed by atoms with Gasteiger partial charge in [0.05, 0.1) is 16.9 Å². The summed E-state index contributed by atoms with van der Waals surface area (Å²) >= 11 is 5.12. The van der Waals surface area contributed by atoms with E-state index in [1.54, 1.807) is 47.4 Å². The summed E-state index contributed by atoms with van der Waals surface area (Å²) in [6.45, 7) is 3.30. The molecular weight excluding hydrogens is 392 g/mol. The van der Waals surface area contributed by atoms with E-state index in [2.05, 4.69) is 25.6 Å². The number of hydrogen-bond acceptors (Lipinski definition) is 9. The van der Waals surface area contributed by atoms with Gasteiger partial charge in [-0.05, 0) is 6.92 Å². The van der Waals surface area contributed by atoms with Gasteiger partial charge in [0.1, 0.15) is 5.01 Å². The minimum Gasteiger partial charge on any atom is -0.366 e. The molecule has 8 nitrogen and oxygen atoms in total. The van der Waals surface area contributed by atoms with Crippen molar-refractivity contribution in [2.24, 2.45) is 0 Å². The second-order valence-electron chi connectivity index (χ2n) is 5.19. The number of hydrogen-bond donors (Lipinski definition) is 3. The minimum absolute atomic E-state index is 0.446. The molecule has 0 saturated heterocycles. The fourth-order valence-corrected chi connectivity index (χ4v) is 4.40. The maximum atomic E-state index is 10.8. The highest BCUT2D eigenvalue weighted by Gasteiger charge is 2.04. The van der Waals surface area contributed by atoms with E-state index in [0.29, 0.717) is 18.9 Å². The van der Waals surface area contributed by atoms with Crippen LogP contribution in [0.2, 0.25) is 0 Å². The number of nitrogens with zero attached hydrogens (tertiary/aromatic N) is 3. The van der Waals surface area contributed by atoms with Crippen LogP contribution in [0.4, 0.5) is 0 Å². The van der Waals surface area contributed by atoms with Crippen molar-refractivity contribution in [1.29, 1.82) is 0 Å². The number of nitrogens with one attached hydrogen (secondary N) is 3. The average Bonchev–Trinajstić information content (AvgIpc) is 3.25. The van der Waals surface area contributed by atoms with E-state index in [1.807, 2.05) is 12.3 Å². The van der Waals surface area contributed by atoms with Crippen molar-refractivity contribution >= 4 is 34.9 Å². The van der Waals surface area contributed by atoms with Crippen LogP contribution in [0.1, 0.15) is 16.4 Å². The van der Waals surface area contributed by atoms with Gasteiger partial charge >= 0.3 is 0 Å². The zero-order valence-corrected chi connectivity index (χ0v) is 16.9. The zero-order valence-electron chi connectivity index (χ0n) is 14.4. The largest absolute Gasteiger partial charge is 0.366 e. The lowest BCUT2D eigenvalue weighted by Gasteiger charge is -2.11. The van der Waals surface area contributed by atoms with Gasteiger partial charge < -0.3 is 15.6 Å². The van der Waals surface area contributed by atoms with Crippen molar-refractivity contribution in [3.05, 3.63) is 56.4 Å². The summed E-state index contributed by atoms with van der Waals surface area (Å²) in [5.74, 6) is 3.82. The number of H-pyrrole nitrogens is 1. The van der Waals surface area contributed by atoms with Crippen molar-refractivity contribution in [3.63, 3.8) is 0 Å². The highest BCUT2D eigenvalue weighted by atomic mass is 32.2. The number of rotatable bonds is 13. The molecule has 0 saturated carbocycles. The van der Waals surface area contributed by atoms with Crippen LogP contribution in [0.25, 0.3) is 0 Å². The Labute approximate surface area is 164 Å². The first-order valence-corrected chi connectivity index (χ1v) is 11.2. The molecule has 0 aliphatic heterocycles. The minimum atomic E-state index is -0.446. The Morgan fingerprint density at radius 1 is 1.31 bits per heavy atom. The number of thioether (sulfide) groups is 2. The van der Waals surface area contributed by atoms with Gasteiger partial charge in [-0.15, -0.1) is 11.3 Å². The molecule has 2 rings (SSSR count). The number of aromatic nitrogens is 3. The summed E-state index contributed by atoms with van der Waals surface area (Å²) in [6, 6.07) is 0. The van der Waals surface area contributed by atoms with Crippen molar-refractivity contribution < 1.29 is 4.92 Å². The van der Waals surface area contributed by atoms with Crippen molar-refractivity contribution in [2.45, 2.75) is 18.4 Å². The predicted octanol–water partition coefficient (Wildman–Crippen LogP) is 2.60. The Morgan fingerprint density at radius 3 is 2.62 bits per heavy atom.